The Morgan fingerprint density at radius 1 is 0.872 bits per heavy atom. The normalized spacial score (nSPS) is 12.5. The molecule has 8 heteroatoms. The average Bonchev–Trinajstić information content (AvgIpc) is 2.85. The van der Waals surface area contributed by atoms with E-state index in [9.17, 15) is 18.0 Å². The molecular formula is C31H39N3O4S. The first-order valence-corrected chi connectivity index (χ1v) is 14.4. The number of rotatable bonds is 9. The molecule has 1 atom stereocenters. The van der Waals surface area contributed by atoms with Crippen LogP contribution in [-0.4, -0.2) is 43.3 Å². The fraction of sp³-hybridized carbons (Fsp3) is 0.355. The Kier molecular flexibility index (Phi) is 9.22. The SMILES string of the molecule is Cc1ccc(S(=O)(=O)N(CC(=O)N(Cc2cccc(C)c2)[C@H](C)C(=O)NC(C)(C)C)c2ccccc2C)cc1. The van der Waals surface area contributed by atoms with E-state index < -0.39 is 34.1 Å². The van der Waals surface area contributed by atoms with Gasteiger partial charge in [0.25, 0.3) is 10.0 Å². The van der Waals surface area contributed by atoms with Crippen molar-refractivity contribution in [3.63, 3.8) is 0 Å². The highest BCUT2D eigenvalue weighted by Gasteiger charge is 2.33. The monoisotopic (exact) mass is 549 g/mol. The van der Waals surface area contributed by atoms with Crippen LogP contribution in [0.1, 0.15) is 49.9 Å². The van der Waals surface area contributed by atoms with Crippen molar-refractivity contribution in [3.8, 4) is 0 Å². The average molecular weight is 550 g/mol. The lowest BCUT2D eigenvalue weighted by molar-refractivity contribution is -0.140. The summed E-state index contributed by atoms with van der Waals surface area (Å²) in [6.07, 6.45) is 0. The van der Waals surface area contributed by atoms with Gasteiger partial charge in [-0.3, -0.25) is 13.9 Å². The van der Waals surface area contributed by atoms with E-state index in [0.717, 1.165) is 21.0 Å². The smallest absolute Gasteiger partial charge is 0.264 e. The van der Waals surface area contributed by atoms with Gasteiger partial charge in [-0.2, -0.15) is 0 Å². The zero-order chi connectivity index (χ0) is 29.0. The minimum Gasteiger partial charge on any atom is -0.350 e. The quantitative estimate of drug-likeness (QED) is 0.401. The van der Waals surface area contributed by atoms with Crippen LogP contribution >= 0.6 is 0 Å². The summed E-state index contributed by atoms with van der Waals surface area (Å²) >= 11 is 0. The maximum atomic E-state index is 14.0. The van der Waals surface area contributed by atoms with E-state index in [1.807, 2.05) is 65.0 Å². The van der Waals surface area contributed by atoms with Crippen LogP contribution in [0.15, 0.2) is 77.7 Å². The molecule has 0 spiro atoms. The molecule has 39 heavy (non-hydrogen) atoms. The van der Waals surface area contributed by atoms with Crippen LogP contribution in [0.4, 0.5) is 5.69 Å². The molecule has 3 aromatic rings. The second-order valence-corrected chi connectivity index (χ2v) is 12.9. The van der Waals surface area contributed by atoms with Crippen LogP contribution < -0.4 is 9.62 Å². The molecule has 0 bridgehead atoms. The first-order chi connectivity index (χ1) is 18.2. The molecule has 0 saturated carbocycles. The van der Waals surface area contributed by atoms with E-state index in [0.29, 0.717) is 11.3 Å². The summed E-state index contributed by atoms with van der Waals surface area (Å²) in [5.41, 5.74) is 3.43. The predicted molar refractivity (Wildman–Crippen MR) is 156 cm³/mol. The number of carbonyl (C=O) groups is 2. The third-order valence-corrected chi connectivity index (χ3v) is 8.15. The van der Waals surface area contributed by atoms with Gasteiger partial charge in [0, 0.05) is 12.1 Å². The molecule has 2 amide bonds. The van der Waals surface area contributed by atoms with Crippen LogP contribution in [0, 0.1) is 20.8 Å². The molecule has 0 fully saturated rings. The van der Waals surface area contributed by atoms with E-state index in [2.05, 4.69) is 5.32 Å². The van der Waals surface area contributed by atoms with Gasteiger partial charge < -0.3 is 10.2 Å². The van der Waals surface area contributed by atoms with Crippen LogP contribution in [-0.2, 0) is 26.2 Å². The summed E-state index contributed by atoms with van der Waals surface area (Å²) in [6.45, 7) is 12.6. The van der Waals surface area contributed by atoms with Crippen molar-refractivity contribution in [1.29, 1.82) is 0 Å². The highest BCUT2D eigenvalue weighted by molar-refractivity contribution is 7.92. The van der Waals surface area contributed by atoms with Crippen molar-refractivity contribution in [1.82, 2.24) is 10.2 Å². The molecule has 3 aromatic carbocycles. The lowest BCUT2D eigenvalue weighted by Gasteiger charge is -2.34. The minimum absolute atomic E-state index is 0.0907. The minimum atomic E-state index is -4.09. The lowest BCUT2D eigenvalue weighted by atomic mass is 10.1. The number of nitrogens with zero attached hydrogens (tertiary/aromatic N) is 2. The summed E-state index contributed by atoms with van der Waals surface area (Å²) < 4.78 is 29.0. The van der Waals surface area contributed by atoms with Crippen molar-refractivity contribution < 1.29 is 18.0 Å². The van der Waals surface area contributed by atoms with Crippen molar-refractivity contribution >= 4 is 27.5 Å². The van der Waals surface area contributed by atoms with Gasteiger partial charge in [0.1, 0.15) is 12.6 Å². The van der Waals surface area contributed by atoms with Crippen molar-refractivity contribution in [2.45, 2.75) is 71.5 Å². The second kappa shape index (κ2) is 12.0. The standard InChI is InChI=1S/C31H39N3O4S/c1-22-15-17-27(18-16-22)39(37,38)34(28-14-9-8-12-24(28)3)21-29(35)33(20-26-13-10-11-23(2)19-26)25(4)30(36)32-31(5,6)7/h8-19,25H,20-21H2,1-7H3,(H,32,36)/t25-/m1/s1. The zero-order valence-electron chi connectivity index (χ0n) is 23.9. The van der Waals surface area contributed by atoms with Gasteiger partial charge in [-0.25, -0.2) is 8.42 Å². The predicted octanol–water partition coefficient (Wildman–Crippen LogP) is 5.14. The molecule has 0 unspecified atom stereocenters. The molecule has 208 valence electrons. The Morgan fingerprint density at radius 2 is 1.51 bits per heavy atom. The van der Waals surface area contributed by atoms with Gasteiger partial charge >= 0.3 is 0 Å². The van der Waals surface area contributed by atoms with E-state index in [4.69, 9.17) is 0 Å². The highest BCUT2D eigenvalue weighted by Crippen LogP contribution is 2.27. The molecule has 0 aromatic heterocycles. The Bertz CT molecular complexity index is 1430. The fourth-order valence-electron chi connectivity index (χ4n) is 4.26. The van der Waals surface area contributed by atoms with Crippen LogP contribution in [0.25, 0.3) is 0 Å². The van der Waals surface area contributed by atoms with E-state index in [1.165, 1.54) is 4.90 Å². The number of amides is 2. The number of para-hydroxylation sites is 1. The summed E-state index contributed by atoms with van der Waals surface area (Å²) in [5.74, 6) is -0.792. The molecule has 0 aliphatic heterocycles. The first-order valence-electron chi connectivity index (χ1n) is 13.0. The molecule has 7 nitrogen and oxygen atoms in total. The number of benzene rings is 3. The molecule has 0 heterocycles. The summed E-state index contributed by atoms with van der Waals surface area (Å²) in [7, 11) is -4.09. The fourth-order valence-corrected chi connectivity index (χ4v) is 5.74. The maximum Gasteiger partial charge on any atom is 0.264 e. The molecule has 3 rings (SSSR count). The Balaban J connectivity index is 2.05. The van der Waals surface area contributed by atoms with E-state index >= 15 is 0 Å². The van der Waals surface area contributed by atoms with Gasteiger partial charge in [0.05, 0.1) is 10.6 Å². The molecule has 1 N–H and O–H groups in total. The van der Waals surface area contributed by atoms with Gasteiger partial charge in [0.15, 0.2) is 0 Å². The van der Waals surface area contributed by atoms with E-state index in [1.54, 1.807) is 56.3 Å². The Morgan fingerprint density at radius 3 is 2.10 bits per heavy atom. The van der Waals surface area contributed by atoms with E-state index in [-0.39, 0.29) is 17.3 Å². The zero-order valence-corrected chi connectivity index (χ0v) is 24.7. The highest BCUT2D eigenvalue weighted by atomic mass is 32.2. The first kappa shape index (κ1) is 29.9. The summed E-state index contributed by atoms with van der Waals surface area (Å²) in [6, 6.07) is 20.5. The number of hydrogen-bond donors (Lipinski definition) is 1. The number of hydrogen-bond acceptors (Lipinski definition) is 4. The van der Waals surface area contributed by atoms with Gasteiger partial charge in [-0.15, -0.1) is 0 Å². The number of anilines is 1. The van der Waals surface area contributed by atoms with Crippen LogP contribution in [0.5, 0.6) is 0 Å². The topological polar surface area (TPSA) is 86.8 Å². The molecule has 0 aliphatic rings. The number of nitrogens with one attached hydrogen (secondary N) is 1. The summed E-state index contributed by atoms with van der Waals surface area (Å²) in [5, 5.41) is 2.94. The number of carbonyl (C=O) groups excluding carboxylic acids is 2. The van der Waals surface area contributed by atoms with Crippen molar-refractivity contribution in [2.24, 2.45) is 0 Å². The second-order valence-electron chi connectivity index (χ2n) is 11.0. The number of sulfonamides is 1. The van der Waals surface area contributed by atoms with Gasteiger partial charge in [-0.1, -0.05) is 65.7 Å². The lowest BCUT2D eigenvalue weighted by Crippen LogP contribution is -2.54. The van der Waals surface area contributed by atoms with Crippen LogP contribution in [0.2, 0.25) is 0 Å². The molecular weight excluding hydrogens is 510 g/mol. The number of aryl methyl sites for hydroxylation is 3. The van der Waals surface area contributed by atoms with Crippen LogP contribution in [0.3, 0.4) is 0 Å². The third kappa shape index (κ3) is 7.69. The Labute approximate surface area is 232 Å². The van der Waals surface area contributed by atoms with Crippen molar-refractivity contribution in [3.05, 3.63) is 95.1 Å². The maximum absolute atomic E-state index is 14.0. The molecule has 0 saturated heterocycles. The summed E-state index contributed by atoms with van der Waals surface area (Å²) in [4.78, 5) is 28.7. The largest absolute Gasteiger partial charge is 0.350 e. The molecule has 0 aliphatic carbocycles. The van der Waals surface area contributed by atoms with Gasteiger partial charge in [-0.05, 0) is 77.8 Å². The third-order valence-electron chi connectivity index (χ3n) is 6.37. The van der Waals surface area contributed by atoms with Gasteiger partial charge in [0.2, 0.25) is 11.8 Å². The molecule has 0 radical (unpaired) electrons. The Hall–Kier alpha value is -3.65. The van der Waals surface area contributed by atoms with Crippen molar-refractivity contribution in [2.75, 3.05) is 10.8 Å².